The number of aromatic nitrogens is 1. The molecule has 0 aliphatic heterocycles. The number of carbonyl (C=O) groups is 1. The van der Waals surface area contributed by atoms with Crippen molar-refractivity contribution in [3.8, 4) is 11.3 Å². The van der Waals surface area contributed by atoms with E-state index in [1.807, 2.05) is 67.6 Å². The van der Waals surface area contributed by atoms with Crippen molar-refractivity contribution in [2.45, 2.75) is 19.9 Å². The molecule has 5 nitrogen and oxygen atoms in total. The Morgan fingerprint density at radius 2 is 1.89 bits per heavy atom. The molecule has 1 atom stereocenters. The fourth-order valence-electron chi connectivity index (χ4n) is 2.91. The van der Waals surface area contributed by atoms with Gasteiger partial charge in [-0.05, 0) is 12.5 Å². The maximum Gasteiger partial charge on any atom is 0.310 e. The number of rotatable bonds is 8. The molecule has 140 valence electrons. The molecule has 0 aliphatic rings. The molecule has 0 bridgehead atoms. The summed E-state index contributed by atoms with van der Waals surface area (Å²) in [7, 11) is 1.41. The maximum absolute atomic E-state index is 12.2. The molecule has 1 aromatic heterocycles. The van der Waals surface area contributed by atoms with E-state index in [4.69, 9.17) is 9.26 Å². The van der Waals surface area contributed by atoms with Crippen molar-refractivity contribution >= 4 is 5.97 Å². The number of carbonyl (C=O) groups excluding carboxylic acids is 1. The van der Waals surface area contributed by atoms with Gasteiger partial charge in [0, 0.05) is 31.1 Å². The summed E-state index contributed by atoms with van der Waals surface area (Å²) in [5.41, 5.74) is 4.07. The van der Waals surface area contributed by atoms with Gasteiger partial charge in [0.2, 0.25) is 0 Å². The van der Waals surface area contributed by atoms with Crippen molar-refractivity contribution < 1.29 is 14.1 Å². The molecule has 0 saturated heterocycles. The van der Waals surface area contributed by atoms with Crippen LogP contribution in [0.3, 0.4) is 0 Å². The fourth-order valence-corrected chi connectivity index (χ4v) is 2.91. The SMILES string of the molecule is COC(=O)C(CNCc1ccccc1)Cc1cc(-c2ccc(C)cc2)on1. The lowest BCUT2D eigenvalue weighted by Gasteiger charge is -2.14. The van der Waals surface area contributed by atoms with E-state index >= 15 is 0 Å². The van der Waals surface area contributed by atoms with Crippen molar-refractivity contribution in [2.75, 3.05) is 13.7 Å². The van der Waals surface area contributed by atoms with E-state index in [0.717, 1.165) is 11.3 Å². The molecule has 1 unspecified atom stereocenters. The summed E-state index contributed by atoms with van der Waals surface area (Å²) in [5.74, 6) is 0.121. The number of hydrogen-bond donors (Lipinski definition) is 1. The highest BCUT2D eigenvalue weighted by molar-refractivity contribution is 5.73. The molecule has 27 heavy (non-hydrogen) atoms. The van der Waals surface area contributed by atoms with Gasteiger partial charge in [-0.15, -0.1) is 0 Å². The van der Waals surface area contributed by atoms with E-state index in [1.165, 1.54) is 18.2 Å². The molecule has 0 amide bonds. The zero-order chi connectivity index (χ0) is 19.1. The summed E-state index contributed by atoms with van der Waals surface area (Å²) in [6.07, 6.45) is 0.462. The first-order chi connectivity index (χ1) is 13.2. The number of methoxy groups -OCH3 is 1. The number of nitrogens with zero attached hydrogens (tertiary/aromatic N) is 1. The Hall–Kier alpha value is -2.92. The molecule has 3 aromatic rings. The zero-order valence-electron chi connectivity index (χ0n) is 15.6. The van der Waals surface area contributed by atoms with Crippen LogP contribution in [-0.2, 0) is 22.5 Å². The Morgan fingerprint density at radius 3 is 2.59 bits per heavy atom. The first-order valence-corrected chi connectivity index (χ1v) is 9.01. The quantitative estimate of drug-likeness (QED) is 0.617. The summed E-state index contributed by atoms with van der Waals surface area (Å²) >= 11 is 0. The van der Waals surface area contributed by atoms with Crippen LogP contribution >= 0.6 is 0 Å². The molecule has 1 heterocycles. The molecule has 3 rings (SSSR count). The lowest BCUT2D eigenvalue weighted by molar-refractivity contribution is -0.145. The van der Waals surface area contributed by atoms with Gasteiger partial charge < -0.3 is 14.6 Å². The van der Waals surface area contributed by atoms with Crippen LogP contribution in [0.15, 0.2) is 65.2 Å². The first kappa shape index (κ1) is 18.9. The normalized spacial score (nSPS) is 11.9. The Labute approximate surface area is 159 Å². The highest BCUT2D eigenvalue weighted by Crippen LogP contribution is 2.22. The molecular weight excluding hydrogens is 340 g/mol. The van der Waals surface area contributed by atoms with Crippen LogP contribution in [-0.4, -0.2) is 24.8 Å². The van der Waals surface area contributed by atoms with Gasteiger partial charge in [0.15, 0.2) is 5.76 Å². The second-order valence-corrected chi connectivity index (χ2v) is 6.59. The van der Waals surface area contributed by atoms with Crippen molar-refractivity contribution in [1.82, 2.24) is 10.5 Å². The van der Waals surface area contributed by atoms with E-state index in [1.54, 1.807) is 0 Å². The Balaban J connectivity index is 1.62. The van der Waals surface area contributed by atoms with E-state index in [-0.39, 0.29) is 11.9 Å². The number of nitrogens with one attached hydrogen (secondary N) is 1. The largest absolute Gasteiger partial charge is 0.469 e. The Kier molecular flexibility index (Phi) is 6.39. The van der Waals surface area contributed by atoms with Crippen molar-refractivity contribution in [1.29, 1.82) is 0 Å². The molecule has 2 aromatic carbocycles. The summed E-state index contributed by atoms with van der Waals surface area (Å²) < 4.78 is 10.4. The smallest absolute Gasteiger partial charge is 0.310 e. The zero-order valence-corrected chi connectivity index (χ0v) is 15.6. The van der Waals surface area contributed by atoms with Crippen LogP contribution in [0.25, 0.3) is 11.3 Å². The average Bonchev–Trinajstić information content (AvgIpc) is 3.16. The summed E-state index contributed by atoms with van der Waals surface area (Å²) in [6.45, 7) is 3.25. The number of benzene rings is 2. The van der Waals surface area contributed by atoms with Crippen molar-refractivity contribution in [2.24, 2.45) is 5.92 Å². The van der Waals surface area contributed by atoms with E-state index in [0.29, 0.717) is 25.3 Å². The van der Waals surface area contributed by atoms with Gasteiger partial charge in [-0.1, -0.05) is 65.3 Å². The minimum Gasteiger partial charge on any atom is -0.469 e. The van der Waals surface area contributed by atoms with Gasteiger partial charge in [0.25, 0.3) is 0 Å². The van der Waals surface area contributed by atoms with Gasteiger partial charge in [-0.3, -0.25) is 4.79 Å². The minimum absolute atomic E-state index is 0.254. The monoisotopic (exact) mass is 364 g/mol. The van der Waals surface area contributed by atoms with E-state index in [9.17, 15) is 4.79 Å². The van der Waals surface area contributed by atoms with Gasteiger partial charge in [-0.25, -0.2) is 0 Å². The summed E-state index contributed by atoms with van der Waals surface area (Å²) in [5, 5.41) is 7.45. The third kappa shape index (κ3) is 5.28. The van der Waals surface area contributed by atoms with Gasteiger partial charge in [-0.2, -0.15) is 0 Å². The number of ether oxygens (including phenoxy) is 1. The molecule has 0 saturated carbocycles. The lowest BCUT2D eigenvalue weighted by atomic mass is 10.0. The average molecular weight is 364 g/mol. The fraction of sp³-hybridized carbons (Fsp3) is 0.273. The van der Waals surface area contributed by atoms with Gasteiger partial charge in [0.1, 0.15) is 0 Å². The number of aryl methyl sites for hydroxylation is 1. The molecule has 0 radical (unpaired) electrons. The van der Waals surface area contributed by atoms with Crippen LogP contribution in [0.2, 0.25) is 0 Å². The van der Waals surface area contributed by atoms with Crippen LogP contribution in [0, 0.1) is 12.8 Å². The summed E-state index contributed by atoms with van der Waals surface area (Å²) in [6, 6.07) is 20.0. The van der Waals surface area contributed by atoms with Crippen molar-refractivity contribution in [3.05, 3.63) is 77.5 Å². The molecule has 5 heteroatoms. The molecule has 1 N–H and O–H groups in total. The topological polar surface area (TPSA) is 64.4 Å². The van der Waals surface area contributed by atoms with Crippen LogP contribution in [0.4, 0.5) is 0 Å². The molecular formula is C22H24N2O3. The number of hydrogen-bond acceptors (Lipinski definition) is 5. The van der Waals surface area contributed by atoms with Crippen molar-refractivity contribution in [3.63, 3.8) is 0 Å². The third-order valence-electron chi connectivity index (χ3n) is 4.45. The predicted octanol–water partition coefficient (Wildman–Crippen LogP) is 3.77. The first-order valence-electron chi connectivity index (χ1n) is 9.01. The second kappa shape index (κ2) is 9.14. The molecule has 0 fully saturated rings. The van der Waals surface area contributed by atoms with Crippen LogP contribution < -0.4 is 5.32 Å². The molecule has 0 aliphatic carbocycles. The highest BCUT2D eigenvalue weighted by atomic mass is 16.5. The third-order valence-corrected chi connectivity index (χ3v) is 4.45. The van der Waals surface area contributed by atoms with E-state index in [2.05, 4.69) is 10.5 Å². The summed E-state index contributed by atoms with van der Waals surface area (Å²) in [4.78, 5) is 12.2. The standard InChI is InChI=1S/C22H24N2O3/c1-16-8-10-18(11-9-16)21-13-20(24-27-21)12-19(22(25)26-2)15-23-14-17-6-4-3-5-7-17/h3-11,13,19,23H,12,14-15H2,1-2H3. The van der Waals surface area contributed by atoms with Crippen LogP contribution in [0.5, 0.6) is 0 Å². The lowest BCUT2D eigenvalue weighted by Crippen LogP contribution is -2.30. The van der Waals surface area contributed by atoms with E-state index < -0.39 is 0 Å². The van der Waals surface area contributed by atoms with Crippen LogP contribution in [0.1, 0.15) is 16.8 Å². The number of esters is 1. The second-order valence-electron chi connectivity index (χ2n) is 6.59. The minimum atomic E-state index is -0.324. The molecule has 0 spiro atoms. The van der Waals surface area contributed by atoms with Gasteiger partial charge >= 0.3 is 5.97 Å². The Bertz CT molecular complexity index is 857. The highest BCUT2D eigenvalue weighted by Gasteiger charge is 2.21. The maximum atomic E-state index is 12.2. The Morgan fingerprint density at radius 1 is 1.15 bits per heavy atom. The predicted molar refractivity (Wildman–Crippen MR) is 104 cm³/mol. The van der Waals surface area contributed by atoms with Gasteiger partial charge in [0.05, 0.1) is 18.7 Å².